The van der Waals surface area contributed by atoms with Crippen LogP contribution in [0.25, 0.3) is 0 Å². The summed E-state index contributed by atoms with van der Waals surface area (Å²) in [6.07, 6.45) is 2.06. The molecule has 9 heteroatoms. The minimum Gasteiger partial charge on any atom is -0.326 e. The standard InChI is InChI=1S/C15H17N5O3S/c1-3-9-19-11(2)17-18-15(19)24-10-8-14(21)16-12-4-6-13(7-5-12)20(22)23/h3-7H,1,8-10H2,2H3,(H,16,21). The summed E-state index contributed by atoms with van der Waals surface area (Å²) in [6, 6.07) is 5.72. The third-order valence-electron chi connectivity index (χ3n) is 3.14. The number of anilines is 1. The predicted octanol–water partition coefficient (Wildman–Crippen LogP) is 2.80. The molecule has 0 bridgehead atoms. The quantitative estimate of drug-likeness (QED) is 0.341. The number of non-ortho nitro benzene ring substituents is 1. The average Bonchev–Trinajstić information content (AvgIpc) is 2.89. The average molecular weight is 347 g/mol. The number of aryl methyl sites for hydroxylation is 1. The number of amides is 1. The van der Waals surface area contributed by atoms with E-state index in [1.165, 1.54) is 36.0 Å². The Morgan fingerprint density at radius 3 is 2.75 bits per heavy atom. The molecule has 126 valence electrons. The van der Waals surface area contributed by atoms with Crippen LogP contribution in [0.2, 0.25) is 0 Å². The fourth-order valence-corrected chi connectivity index (χ4v) is 2.86. The maximum atomic E-state index is 11.9. The van der Waals surface area contributed by atoms with Crippen LogP contribution >= 0.6 is 11.8 Å². The van der Waals surface area contributed by atoms with Crippen molar-refractivity contribution in [2.75, 3.05) is 11.1 Å². The van der Waals surface area contributed by atoms with Crippen LogP contribution in [0.15, 0.2) is 42.1 Å². The van der Waals surface area contributed by atoms with E-state index in [2.05, 4.69) is 22.1 Å². The number of nitrogens with zero attached hydrogens (tertiary/aromatic N) is 4. The Labute approximate surface area is 143 Å². The van der Waals surface area contributed by atoms with Crippen LogP contribution in [-0.4, -0.2) is 31.3 Å². The number of hydrogen-bond acceptors (Lipinski definition) is 6. The molecule has 0 spiro atoms. The van der Waals surface area contributed by atoms with Crippen molar-refractivity contribution in [2.24, 2.45) is 0 Å². The van der Waals surface area contributed by atoms with Crippen molar-refractivity contribution >= 4 is 29.0 Å². The van der Waals surface area contributed by atoms with Gasteiger partial charge in [0.1, 0.15) is 5.82 Å². The van der Waals surface area contributed by atoms with Crippen molar-refractivity contribution in [2.45, 2.75) is 25.0 Å². The van der Waals surface area contributed by atoms with E-state index in [-0.39, 0.29) is 11.6 Å². The number of aromatic nitrogens is 3. The van der Waals surface area contributed by atoms with Crippen molar-refractivity contribution in [3.63, 3.8) is 0 Å². The lowest BCUT2D eigenvalue weighted by atomic mass is 10.3. The van der Waals surface area contributed by atoms with Crippen LogP contribution in [0.1, 0.15) is 12.2 Å². The van der Waals surface area contributed by atoms with Crippen LogP contribution in [-0.2, 0) is 11.3 Å². The van der Waals surface area contributed by atoms with E-state index in [9.17, 15) is 14.9 Å². The second kappa shape index (κ2) is 8.25. The molecule has 0 unspecified atom stereocenters. The minimum atomic E-state index is -0.483. The zero-order valence-corrected chi connectivity index (χ0v) is 14.0. The predicted molar refractivity (Wildman–Crippen MR) is 92.0 cm³/mol. The summed E-state index contributed by atoms with van der Waals surface area (Å²) >= 11 is 1.44. The third-order valence-corrected chi connectivity index (χ3v) is 4.10. The van der Waals surface area contributed by atoms with Gasteiger partial charge in [-0.25, -0.2) is 0 Å². The molecule has 2 rings (SSSR count). The van der Waals surface area contributed by atoms with Gasteiger partial charge in [-0.15, -0.1) is 16.8 Å². The Hall–Kier alpha value is -2.68. The van der Waals surface area contributed by atoms with Crippen molar-refractivity contribution < 1.29 is 9.72 Å². The molecule has 24 heavy (non-hydrogen) atoms. The summed E-state index contributed by atoms with van der Waals surface area (Å²) in [5.41, 5.74) is 0.516. The number of allylic oxidation sites excluding steroid dienone is 1. The first-order valence-corrected chi connectivity index (χ1v) is 8.17. The number of nitro groups is 1. The van der Waals surface area contributed by atoms with Gasteiger partial charge >= 0.3 is 0 Å². The molecule has 1 heterocycles. The van der Waals surface area contributed by atoms with Crippen LogP contribution in [0.3, 0.4) is 0 Å². The number of thioether (sulfide) groups is 1. The van der Waals surface area contributed by atoms with E-state index >= 15 is 0 Å². The van der Waals surface area contributed by atoms with Gasteiger partial charge in [0.15, 0.2) is 5.16 Å². The lowest BCUT2D eigenvalue weighted by Crippen LogP contribution is -2.12. The molecule has 1 amide bonds. The molecule has 8 nitrogen and oxygen atoms in total. The first kappa shape index (κ1) is 17.7. The molecule has 0 aliphatic rings. The van der Waals surface area contributed by atoms with Gasteiger partial charge in [-0.3, -0.25) is 14.9 Å². The highest BCUT2D eigenvalue weighted by Gasteiger charge is 2.10. The van der Waals surface area contributed by atoms with E-state index in [1.807, 2.05) is 11.5 Å². The number of carbonyl (C=O) groups is 1. The molecule has 2 aromatic rings. The van der Waals surface area contributed by atoms with E-state index in [0.29, 0.717) is 24.4 Å². The van der Waals surface area contributed by atoms with E-state index < -0.39 is 4.92 Å². The van der Waals surface area contributed by atoms with Crippen LogP contribution in [0, 0.1) is 17.0 Å². The highest BCUT2D eigenvalue weighted by Crippen LogP contribution is 2.19. The number of nitrogens with one attached hydrogen (secondary N) is 1. The molecule has 0 aliphatic heterocycles. The highest BCUT2D eigenvalue weighted by molar-refractivity contribution is 7.99. The van der Waals surface area contributed by atoms with Gasteiger partial charge in [-0.05, 0) is 19.1 Å². The van der Waals surface area contributed by atoms with E-state index in [0.717, 1.165) is 11.0 Å². The first-order chi connectivity index (χ1) is 11.5. The molecule has 0 radical (unpaired) electrons. The maximum Gasteiger partial charge on any atom is 0.269 e. The van der Waals surface area contributed by atoms with Crippen molar-refractivity contribution in [3.8, 4) is 0 Å². The van der Waals surface area contributed by atoms with Crippen LogP contribution in [0.4, 0.5) is 11.4 Å². The monoisotopic (exact) mass is 347 g/mol. The molecule has 0 saturated heterocycles. The molecule has 1 aromatic heterocycles. The molecular formula is C15H17N5O3S. The van der Waals surface area contributed by atoms with Crippen molar-refractivity contribution in [3.05, 3.63) is 52.9 Å². The number of rotatable bonds is 8. The van der Waals surface area contributed by atoms with Crippen LogP contribution < -0.4 is 5.32 Å². The fourth-order valence-electron chi connectivity index (χ4n) is 1.93. The van der Waals surface area contributed by atoms with Gasteiger partial charge < -0.3 is 9.88 Å². The molecule has 0 saturated carbocycles. The summed E-state index contributed by atoms with van der Waals surface area (Å²) in [7, 11) is 0. The molecule has 0 atom stereocenters. The van der Waals surface area contributed by atoms with Crippen molar-refractivity contribution in [1.82, 2.24) is 14.8 Å². The van der Waals surface area contributed by atoms with E-state index in [4.69, 9.17) is 0 Å². The second-order valence-corrected chi connectivity index (χ2v) is 5.94. The lowest BCUT2D eigenvalue weighted by molar-refractivity contribution is -0.384. The molecule has 0 fully saturated rings. The summed E-state index contributed by atoms with van der Waals surface area (Å²) in [4.78, 5) is 22.0. The van der Waals surface area contributed by atoms with Gasteiger partial charge in [-0.1, -0.05) is 17.8 Å². The van der Waals surface area contributed by atoms with Crippen molar-refractivity contribution in [1.29, 1.82) is 0 Å². The van der Waals surface area contributed by atoms with Gasteiger partial charge in [0.25, 0.3) is 5.69 Å². The smallest absolute Gasteiger partial charge is 0.269 e. The summed E-state index contributed by atoms with van der Waals surface area (Å²) in [5.74, 6) is 1.18. The Morgan fingerprint density at radius 1 is 1.42 bits per heavy atom. The minimum absolute atomic E-state index is 0.0134. The first-order valence-electron chi connectivity index (χ1n) is 7.19. The van der Waals surface area contributed by atoms with Gasteiger partial charge in [0, 0.05) is 36.5 Å². The zero-order chi connectivity index (χ0) is 17.5. The van der Waals surface area contributed by atoms with Gasteiger partial charge in [0.05, 0.1) is 4.92 Å². The molecule has 1 N–H and O–H groups in total. The largest absolute Gasteiger partial charge is 0.326 e. The molecule has 0 aliphatic carbocycles. The van der Waals surface area contributed by atoms with Gasteiger partial charge in [-0.2, -0.15) is 0 Å². The normalized spacial score (nSPS) is 10.4. The highest BCUT2D eigenvalue weighted by atomic mass is 32.2. The Bertz CT molecular complexity index is 742. The number of carbonyl (C=O) groups excluding carboxylic acids is 1. The number of nitro benzene ring substituents is 1. The second-order valence-electron chi connectivity index (χ2n) is 4.88. The summed E-state index contributed by atoms with van der Waals surface area (Å²) < 4.78 is 1.92. The third kappa shape index (κ3) is 4.66. The number of hydrogen-bond donors (Lipinski definition) is 1. The topological polar surface area (TPSA) is 103 Å². The Kier molecular flexibility index (Phi) is 6.07. The SMILES string of the molecule is C=CCn1c(C)nnc1SCCC(=O)Nc1ccc([N+](=O)[O-])cc1. The summed E-state index contributed by atoms with van der Waals surface area (Å²) in [5, 5.41) is 22.1. The Morgan fingerprint density at radius 2 is 2.12 bits per heavy atom. The van der Waals surface area contributed by atoms with Crippen LogP contribution in [0.5, 0.6) is 0 Å². The molecule has 1 aromatic carbocycles. The van der Waals surface area contributed by atoms with Gasteiger partial charge in [0.2, 0.25) is 5.91 Å². The maximum absolute atomic E-state index is 11.9. The number of benzene rings is 1. The lowest BCUT2D eigenvalue weighted by Gasteiger charge is -2.06. The zero-order valence-electron chi connectivity index (χ0n) is 13.1. The summed E-state index contributed by atoms with van der Waals surface area (Å²) in [6.45, 7) is 6.18. The molecular weight excluding hydrogens is 330 g/mol. The Balaban J connectivity index is 1.83. The van der Waals surface area contributed by atoms with E-state index in [1.54, 1.807) is 6.08 Å². The fraction of sp³-hybridized carbons (Fsp3) is 0.267.